The molecule has 0 fully saturated rings. The van der Waals surface area contributed by atoms with E-state index in [0.29, 0.717) is 6.61 Å². The summed E-state index contributed by atoms with van der Waals surface area (Å²) in [5.74, 6) is 0.184. The zero-order valence-electron chi connectivity index (χ0n) is 12.8. The molecule has 0 spiro atoms. The van der Waals surface area contributed by atoms with Crippen LogP contribution in [0.4, 0.5) is 0 Å². The van der Waals surface area contributed by atoms with Crippen LogP contribution in [-0.4, -0.2) is 20.8 Å². The molecule has 0 N–H and O–H groups in total. The molecule has 19 heavy (non-hydrogen) atoms. The van der Waals surface area contributed by atoms with Crippen LogP contribution >= 0.6 is 0 Å². The fraction of sp³-hybridized carbons (Fsp3) is 1.00. The van der Waals surface area contributed by atoms with Crippen molar-refractivity contribution in [3.05, 3.63) is 0 Å². The van der Waals surface area contributed by atoms with Crippen LogP contribution in [0.1, 0.15) is 84.5 Å². The molecule has 0 heterocycles. The Balaban J connectivity index is 3.26. The van der Waals surface area contributed by atoms with Gasteiger partial charge in [0.1, 0.15) is 0 Å². The molecule has 0 rings (SSSR count). The molecule has 0 aromatic heterocycles. The minimum atomic E-state index is -3.25. The Morgan fingerprint density at radius 3 is 1.63 bits per heavy atom. The minimum Gasteiger partial charge on any atom is -0.270 e. The second-order valence-electron chi connectivity index (χ2n) is 5.27. The maximum absolute atomic E-state index is 11.4. The van der Waals surface area contributed by atoms with Crippen LogP contribution in [0, 0.1) is 0 Å². The molecule has 116 valence electrons. The lowest BCUT2D eigenvalue weighted by atomic mass is 10.1. The van der Waals surface area contributed by atoms with Gasteiger partial charge in [-0.1, -0.05) is 71.6 Å². The van der Waals surface area contributed by atoms with Crippen LogP contribution in [-0.2, 0) is 14.3 Å². The third-order valence-electron chi connectivity index (χ3n) is 3.21. The first-order valence-corrected chi connectivity index (χ1v) is 9.57. The summed E-state index contributed by atoms with van der Waals surface area (Å²) in [6, 6.07) is 0. The zero-order chi connectivity index (χ0) is 14.4. The van der Waals surface area contributed by atoms with Crippen molar-refractivity contribution in [2.45, 2.75) is 84.5 Å². The molecule has 0 saturated heterocycles. The van der Waals surface area contributed by atoms with Gasteiger partial charge in [0.25, 0.3) is 10.1 Å². The summed E-state index contributed by atoms with van der Waals surface area (Å²) >= 11 is 0. The molecule has 0 unspecified atom stereocenters. The molecule has 0 bridgehead atoms. The van der Waals surface area contributed by atoms with Crippen LogP contribution < -0.4 is 0 Å². The molecule has 0 aromatic rings. The Bertz CT molecular complexity index is 273. The van der Waals surface area contributed by atoms with Gasteiger partial charge in [-0.15, -0.1) is 0 Å². The molecule has 0 radical (unpaired) electrons. The van der Waals surface area contributed by atoms with Gasteiger partial charge >= 0.3 is 0 Å². The molecular weight excluding hydrogens is 260 g/mol. The Hall–Kier alpha value is -0.0900. The first-order chi connectivity index (χ1) is 9.12. The summed E-state index contributed by atoms with van der Waals surface area (Å²) in [4.78, 5) is 0. The van der Waals surface area contributed by atoms with E-state index in [-0.39, 0.29) is 5.75 Å². The van der Waals surface area contributed by atoms with Gasteiger partial charge < -0.3 is 0 Å². The van der Waals surface area contributed by atoms with E-state index >= 15 is 0 Å². The van der Waals surface area contributed by atoms with Crippen molar-refractivity contribution in [3.8, 4) is 0 Å². The van der Waals surface area contributed by atoms with Crippen molar-refractivity contribution in [1.82, 2.24) is 0 Å². The molecular formula is C15H32O3S. The third kappa shape index (κ3) is 14.1. The highest BCUT2D eigenvalue weighted by atomic mass is 32.2. The highest BCUT2D eigenvalue weighted by molar-refractivity contribution is 7.86. The maximum Gasteiger partial charge on any atom is 0.267 e. The van der Waals surface area contributed by atoms with Crippen LogP contribution in [0.25, 0.3) is 0 Å². The maximum atomic E-state index is 11.4. The van der Waals surface area contributed by atoms with E-state index in [9.17, 15) is 8.42 Å². The van der Waals surface area contributed by atoms with Gasteiger partial charge in [-0.3, -0.25) is 4.18 Å². The third-order valence-corrected chi connectivity index (χ3v) is 4.53. The smallest absolute Gasteiger partial charge is 0.267 e. The first kappa shape index (κ1) is 18.9. The predicted molar refractivity (Wildman–Crippen MR) is 81.9 cm³/mol. The van der Waals surface area contributed by atoms with E-state index in [1.165, 1.54) is 44.9 Å². The van der Waals surface area contributed by atoms with Crippen molar-refractivity contribution in [2.24, 2.45) is 0 Å². The Kier molecular flexibility index (Phi) is 12.9. The Labute approximate surface area is 120 Å². The number of unbranched alkanes of at least 4 members (excludes halogenated alkanes) is 9. The van der Waals surface area contributed by atoms with Crippen molar-refractivity contribution >= 4 is 10.1 Å². The molecule has 4 heteroatoms. The van der Waals surface area contributed by atoms with Gasteiger partial charge in [-0.05, 0) is 12.8 Å². The fourth-order valence-corrected chi connectivity index (χ4v) is 3.13. The standard InChI is InChI=1S/C15H32O3S/c1-3-5-6-7-8-9-10-11-12-13-15-19(16,17)18-14-4-2/h3-15H2,1-2H3. The minimum absolute atomic E-state index is 0.184. The van der Waals surface area contributed by atoms with E-state index in [1.54, 1.807) is 0 Å². The quantitative estimate of drug-likeness (QED) is 0.345. The average Bonchev–Trinajstić information content (AvgIpc) is 2.38. The SMILES string of the molecule is CCCCCCCCCCCCS(=O)(=O)OCCC. The van der Waals surface area contributed by atoms with Crippen molar-refractivity contribution < 1.29 is 12.6 Å². The molecule has 0 aromatic carbocycles. The number of rotatable bonds is 14. The van der Waals surface area contributed by atoms with Crippen LogP contribution in [0.3, 0.4) is 0 Å². The fourth-order valence-electron chi connectivity index (χ4n) is 2.04. The van der Waals surface area contributed by atoms with Gasteiger partial charge in [0.2, 0.25) is 0 Å². The number of hydrogen-bond donors (Lipinski definition) is 0. The van der Waals surface area contributed by atoms with E-state index in [2.05, 4.69) is 6.92 Å². The predicted octanol–water partition coefficient (Wildman–Crippen LogP) is 4.66. The van der Waals surface area contributed by atoms with Crippen molar-refractivity contribution in [1.29, 1.82) is 0 Å². The molecule has 0 saturated carbocycles. The number of hydrogen-bond acceptors (Lipinski definition) is 3. The van der Waals surface area contributed by atoms with Crippen molar-refractivity contribution in [2.75, 3.05) is 12.4 Å². The van der Waals surface area contributed by atoms with Gasteiger partial charge in [0, 0.05) is 0 Å². The molecule has 0 atom stereocenters. The van der Waals surface area contributed by atoms with Gasteiger partial charge in [0.15, 0.2) is 0 Å². The normalized spacial score (nSPS) is 11.9. The summed E-state index contributed by atoms with van der Waals surface area (Å²) in [6.07, 6.45) is 12.9. The molecule has 0 aliphatic heterocycles. The summed E-state index contributed by atoms with van der Waals surface area (Å²) in [5, 5.41) is 0. The Morgan fingerprint density at radius 1 is 0.684 bits per heavy atom. The molecule has 0 aliphatic carbocycles. The van der Waals surface area contributed by atoms with E-state index in [1.807, 2.05) is 6.92 Å². The Morgan fingerprint density at radius 2 is 1.16 bits per heavy atom. The van der Waals surface area contributed by atoms with E-state index in [4.69, 9.17) is 4.18 Å². The summed E-state index contributed by atoms with van der Waals surface area (Å²) in [7, 11) is -3.25. The van der Waals surface area contributed by atoms with Crippen LogP contribution in [0.2, 0.25) is 0 Å². The largest absolute Gasteiger partial charge is 0.270 e. The lowest BCUT2D eigenvalue weighted by Crippen LogP contribution is -2.11. The van der Waals surface area contributed by atoms with Gasteiger partial charge in [-0.25, -0.2) is 0 Å². The van der Waals surface area contributed by atoms with Crippen molar-refractivity contribution in [3.63, 3.8) is 0 Å². The summed E-state index contributed by atoms with van der Waals surface area (Å²) in [6.45, 7) is 4.47. The highest BCUT2D eigenvalue weighted by Crippen LogP contribution is 2.11. The van der Waals surface area contributed by atoms with Crippen LogP contribution in [0.5, 0.6) is 0 Å². The van der Waals surface area contributed by atoms with Gasteiger partial charge in [-0.2, -0.15) is 8.42 Å². The second kappa shape index (κ2) is 12.9. The monoisotopic (exact) mass is 292 g/mol. The topological polar surface area (TPSA) is 43.4 Å². The lowest BCUT2D eigenvalue weighted by molar-refractivity contribution is 0.317. The lowest BCUT2D eigenvalue weighted by Gasteiger charge is -2.04. The van der Waals surface area contributed by atoms with Gasteiger partial charge in [0.05, 0.1) is 12.4 Å². The van der Waals surface area contributed by atoms with E-state index < -0.39 is 10.1 Å². The molecule has 3 nitrogen and oxygen atoms in total. The molecule has 0 amide bonds. The second-order valence-corrected chi connectivity index (χ2v) is 7.03. The zero-order valence-corrected chi connectivity index (χ0v) is 13.6. The highest BCUT2D eigenvalue weighted by Gasteiger charge is 2.09. The summed E-state index contributed by atoms with van der Waals surface area (Å²) < 4.78 is 27.6. The first-order valence-electron chi connectivity index (χ1n) is 7.99. The summed E-state index contributed by atoms with van der Waals surface area (Å²) in [5.41, 5.74) is 0. The van der Waals surface area contributed by atoms with E-state index in [0.717, 1.165) is 25.7 Å². The van der Waals surface area contributed by atoms with Crippen LogP contribution in [0.15, 0.2) is 0 Å². The average molecular weight is 292 g/mol. The molecule has 0 aliphatic rings.